The van der Waals surface area contributed by atoms with Crippen LogP contribution in [0.1, 0.15) is 34.6 Å². The summed E-state index contributed by atoms with van der Waals surface area (Å²) in [4.78, 5) is 51.2. The molecule has 36 heavy (non-hydrogen) atoms. The van der Waals surface area contributed by atoms with Gasteiger partial charge in [-0.2, -0.15) is 0 Å². The van der Waals surface area contributed by atoms with Crippen molar-refractivity contribution in [2.45, 2.75) is 26.1 Å². The van der Waals surface area contributed by atoms with Gasteiger partial charge in [0.1, 0.15) is 0 Å². The quantitative estimate of drug-likeness (QED) is 0.366. The lowest BCUT2D eigenvalue weighted by Gasteiger charge is -2.24. The summed E-state index contributed by atoms with van der Waals surface area (Å²) in [5.41, 5.74) is -0.00323. The van der Waals surface area contributed by atoms with Crippen LogP contribution in [0.2, 0.25) is 0 Å². The highest BCUT2D eigenvalue weighted by Gasteiger charge is 2.43. The molecular weight excluding hydrogens is 480 g/mol. The van der Waals surface area contributed by atoms with Gasteiger partial charge in [0.05, 0.1) is 24.3 Å². The van der Waals surface area contributed by atoms with E-state index in [4.69, 9.17) is 37.9 Å². The fourth-order valence-corrected chi connectivity index (χ4v) is 3.33. The number of carbonyl (C=O) groups is 4. The Labute approximate surface area is 204 Å². The van der Waals surface area contributed by atoms with Crippen molar-refractivity contribution >= 4 is 23.9 Å². The summed E-state index contributed by atoms with van der Waals surface area (Å²) in [6, 6.07) is 8.45. The lowest BCUT2D eigenvalue weighted by molar-refractivity contribution is -0.173. The minimum Gasteiger partial charge on any atom is -0.463 e. The minimum absolute atomic E-state index is 0.00162. The van der Waals surface area contributed by atoms with Crippen LogP contribution in [0, 0.1) is 0 Å². The van der Waals surface area contributed by atoms with Gasteiger partial charge >= 0.3 is 23.9 Å². The summed E-state index contributed by atoms with van der Waals surface area (Å²) in [6.45, 7) is 2.82. The van der Waals surface area contributed by atoms with Gasteiger partial charge in [0.2, 0.25) is 25.8 Å². The number of rotatable bonds is 9. The van der Waals surface area contributed by atoms with Crippen LogP contribution < -0.4 is 18.9 Å². The first-order valence-corrected chi connectivity index (χ1v) is 11.0. The van der Waals surface area contributed by atoms with E-state index in [0.29, 0.717) is 23.0 Å². The van der Waals surface area contributed by atoms with Crippen molar-refractivity contribution < 1.29 is 57.1 Å². The molecule has 2 aromatic carbocycles. The third kappa shape index (κ3) is 5.27. The number of carbonyl (C=O) groups excluding carboxylic acids is 4. The summed E-state index contributed by atoms with van der Waals surface area (Å²) in [5, 5.41) is 0. The maximum atomic E-state index is 12.9. The van der Waals surface area contributed by atoms with E-state index in [1.807, 2.05) is 0 Å². The van der Waals surface area contributed by atoms with Crippen molar-refractivity contribution in [3.63, 3.8) is 0 Å². The monoisotopic (exact) mass is 502 g/mol. The van der Waals surface area contributed by atoms with Crippen molar-refractivity contribution in [1.82, 2.24) is 0 Å². The van der Waals surface area contributed by atoms with Crippen LogP contribution in [-0.4, -0.2) is 62.9 Å². The molecule has 0 spiro atoms. The molecule has 0 saturated carbocycles. The fourth-order valence-electron chi connectivity index (χ4n) is 3.33. The summed E-state index contributed by atoms with van der Waals surface area (Å²) < 4.78 is 41.5. The summed E-state index contributed by atoms with van der Waals surface area (Å²) in [5.74, 6) is -2.77. The van der Waals surface area contributed by atoms with E-state index in [9.17, 15) is 19.2 Å². The zero-order valence-corrected chi connectivity index (χ0v) is 19.3. The summed E-state index contributed by atoms with van der Waals surface area (Å²) in [6.07, 6.45) is -3.92. The van der Waals surface area contributed by atoms with Crippen molar-refractivity contribution in [1.29, 1.82) is 0 Å². The molecule has 0 unspecified atom stereocenters. The molecule has 0 aromatic heterocycles. The predicted molar refractivity (Wildman–Crippen MR) is 117 cm³/mol. The fraction of sp³-hybridized carbons (Fsp3) is 0.333. The van der Waals surface area contributed by atoms with Crippen LogP contribution in [0.3, 0.4) is 0 Å². The topological polar surface area (TPSA) is 142 Å². The lowest BCUT2D eigenvalue weighted by Crippen LogP contribution is -2.47. The molecule has 12 heteroatoms. The molecule has 0 bridgehead atoms. The highest BCUT2D eigenvalue weighted by atomic mass is 16.7. The van der Waals surface area contributed by atoms with Crippen LogP contribution >= 0.6 is 0 Å². The zero-order chi connectivity index (χ0) is 25.7. The van der Waals surface area contributed by atoms with Gasteiger partial charge in [-0.3, -0.25) is 0 Å². The van der Waals surface area contributed by atoms with Crippen molar-refractivity contribution in [2.24, 2.45) is 0 Å². The van der Waals surface area contributed by atoms with Gasteiger partial charge in [-0.1, -0.05) is 0 Å². The number of benzene rings is 2. The minimum atomic E-state index is -1.96. The van der Waals surface area contributed by atoms with Gasteiger partial charge in [0.15, 0.2) is 23.0 Å². The Morgan fingerprint density at radius 2 is 1.06 bits per heavy atom. The van der Waals surface area contributed by atoms with Crippen molar-refractivity contribution in [3.8, 4) is 23.0 Å². The first-order valence-electron chi connectivity index (χ1n) is 11.0. The highest BCUT2D eigenvalue weighted by molar-refractivity contribution is 5.96. The normalized spacial score (nSPS) is 14.4. The number of esters is 4. The standard InChI is InChI=1S/C24H22O12/c1-3-29-23(27)19(35-21(25)13-5-7-15-17(9-13)33-11-31-15)20(24(28)30-4-2)36-22(26)14-6-8-16-18(10-14)34-12-32-16/h5-10,19-20H,3-4,11-12H2,1-2H3/t19-,20-/m0/s1. The Kier molecular flexibility index (Phi) is 7.42. The van der Waals surface area contributed by atoms with E-state index < -0.39 is 36.1 Å². The number of hydrogen-bond donors (Lipinski definition) is 0. The van der Waals surface area contributed by atoms with Crippen LogP contribution in [0.15, 0.2) is 36.4 Å². The van der Waals surface area contributed by atoms with E-state index in [1.54, 1.807) is 0 Å². The van der Waals surface area contributed by atoms with Gasteiger partial charge in [-0.05, 0) is 50.2 Å². The third-order valence-corrected chi connectivity index (χ3v) is 5.00. The molecule has 2 heterocycles. The Balaban J connectivity index is 1.59. The van der Waals surface area contributed by atoms with E-state index in [0.717, 1.165) is 0 Å². The molecule has 12 nitrogen and oxygen atoms in total. The summed E-state index contributed by atoms with van der Waals surface area (Å²) in [7, 11) is 0. The highest BCUT2D eigenvalue weighted by Crippen LogP contribution is 2.34. The molecule has 0 amide bonds. The first kappa shape index (κ1) is 24.6. The predicted octanol–water partition coefficient (Wildman–Crippen LogP) is 2.02. The molecule has 4 rings (SSSR count). The number of fused-ring (bicyclic) bond motifs is 2. The molecule has 0 radical (unpaired) electrons. The van der Waals surface area contributed by atoms with Crippen molar-refractivity contribution in [2.75, 3.05) is 26.8 Å². The second kappa shape index (κ2) is 10.8. The van der Waals surface area contributed by atoms with Crippen molar-refractivity contribution in [3.05, 3.63) is 47.5 Å². The molecule has 0 aliphatic carbocycles. The van der Waals surface area contributed by atoms with Gasteiger partial charge < -0.3 is 37.9 Å². The van der Waals surface area contributed by atoms with Crippen LogP contribution in [0.4, 0.5) is 0 Å². The third-order valence-electron chi connectivity index (χ3n) is 5.00. The zero-order valence-electron chi connectivity index (χ0n) is 19.3. The second-order valence-electron chi connectivity index (χ2n) is 7.29. The molecule has 2 aliphatic rings. The molecule has 0 fully saturated rings. The maximum absolute atomic E-state index is 12.9. The van der Waals surface area contributed by atoms with E-state index >= 15 is 0 Å². The molecule has 2 aromatic rings. The Hall–Kier alpha value is -4.48. The average molecular weight is 502 g/mol. The molecule has 0 saturated heterocycles. The summed E-state index contributed by atoms with van der Waals surface area (Å²) >= 11 is 0. The lowest BCUT2D eigenvalue weighted by atomic mass is 10.1. The van der Waals surface area contributed by atoms with E-state index in [-0.39, 0.29) is 37.9 Å². The second-order valence-corrected chi connectivity index (χ2v) is 7.29. The maximum Gasteiger partial charge on any atom is 0.352 e. The van der Waals surface area contributed by atoms with Gasteiger partial charge in [-0.15, -0.1) is 0 Å². The van der Waals surface area contributed by atoms with E-state index in [1.165, 1.54) is 50.2 Å². The largest absolute Gasteiger partial charge is 0.463 e. The van der Waals surface area contributed by atoms with Gasteiger partial charge in [0, 0.05) is 0 Å². The van der Waals surface area contributed by atoms with Gasteiger partial charge in [0.25, 0.3) is 0 Å². The molecular formula is C24H22O12. The smallest absolute Gasteiger partial charge is 0.352 e. The Morgan fingerprint density at radius 1 is 0.667 bits per heavy atom. The Morgan fingerprint density at radius 3 is 1.44 bits per heavy atom. The van der Waals surface area contributed by atoms with E-state index in [2.05, 4.69) is 0 Å². The molecule has 2 aliphatic heterocycles. The van der Waals surface area contributed by atoms with Gasteiger partial charge in [-0.25, -0.2) is 19.2 Å². The SMILES string of the molecule is CCOC(=O)[C@@H](OC(=O)c1ccc2c(c1)OCO2)[C@H](OC(=O)c1ccc2c(c1)OCO2)C(=O)OCC. The molecule has 190 valence electrons. The van der Waals surface area contributed by atoms with Crippen LogP contribution in [0.25, 0.3) is 0 Å². The Bertz CT molecular complexity index is 1080. The average Bonchev–Trinajstić information content (AvgIpc) is 3.54. The first-order chi connectivity index (χ1) is 17.4. The molecule has 2 atom stereocenters. The van der Waals surface area contributed by atoms with Crippen LogP contribution in [-0.2, 0) is 28.5 Å². The molecule has 0 N–H and O–H groups in total. The van der Waals surface area contributed by atoms with Crippen LogP contribution in [0.5, 0.6) is 23.0 Å². The number of ether oxygens (including phenoxy) is 8. The number of hydrogen-bond acceptors (Lipinski definition) is 12.